The van der Waals surface area contributed by atoms with Crippen molar-refractivity contribution in [1.29, 1.82) is 0 Å². The fraction of sp³-hybridized carbons (Fsp3) is 0.364. The molecule has 0 saturated carbocycles. The van der Waals surface area contributed by atoms with Gasteiger partial charge < -0.3 is 9.47 Å². The van der Waals surface area contributed by atoms with Crippen LogP contribution in [0.15, 0.2) is 11.4 Å². The highest BCUT2D eigenvalue weighted by atomic mass is 32.2. The van der Waals surface area contributed by atoms with E-state index < -0.39 is 11.9 Å². The Bertz CT molecular complexity index is 670. The van der Waals surface area contributed by atoms with Crippen LogP contribution in [0.3, 0.4) is 0 Å². The first-order valence-electron chi connectivity index (χ1n) is 5.54. The van der Waals surface area contributed by atoms with Crippen molar-refractivity contribution in [2.24, 2.45) is 0 Å². The molecule has 0 fully saturated rings. The number of aromatic nitrogens is 4. The van der Waals surface area contributed by atoms with Crippen LogP contribution in [0.1, 0.15) is 16.1 Å². The number of thioether (sulfide) groups is 1. The summed E-state index contributed by atoms with van der Waals surface area (Å²) in [4.78, 5) is 31.4. The second-order valence-corrected chi connectivity index (χ2v) is 4.45. The van der Waals surface area contributed by atoms with Gasteiger partial charge in [-0.15, -0.1) is 5.10 Å². The summed E-state index contributed by atoms with van der Waals surface area (Å²) >= 11 is 1.33. The Kier molecular flexibility index (Phi) is 4.18. The third-order valence-electron chi connectivity index (χ3n) is 2.57. The van der Waals surface area contributed by atoms with Crippen molar-refractivity contribution in [3.8, 4) is 0 Å². The quantitative estimate of drug-likeness (QED) is 0.589. The van der Waals surface area contributed by atoms with Crippen molar-refractivity contribution in [3.05, 3.63) is 17.5 Å². The van der Waals surface area contributed by atoms with Gasteiger partial charge in [-0.05, 0) is 6.26 Å². The molecule has 0 aromatic carbocycles. The minimum absolute atomic E-state index is 0.128. The van der Waals surface area contributed by atoms with Crippen molar-refractivity contribution in [2.75, 3.05) is 20.5 Å². The van der Waals surface area contributed by atoms with Crippen LogP contribution in [0.2, 0.25) is 0 Å². The normalized spacial score (nSPS) is 10.6. The molecule has 0 N–H and O–H groups in total. The van der Waals surface area contributed by atoms with Gasteiger partial charge in [-0.3, -0.25) is 4.79 Å². The Labute approximate surface area is 118 Å². The molecule has 106 valence electrons. The van der Waals surface area contributed by atoms with Crippen LogP contribution in [-0.4, -0.2) is 52.0 Å². The van der Waals surface area contributed by atoms with E-state index in [4.69, 9.17) is 0 Å². The van der Waals surface area contributed by atoms with Crippen LogP contribution in [0, 0.1) is 0 Å². The van der Waals surface area contributed by atoms with E-state index in [9.17, 15) is 9.59 Å². The lowest BCUT2D eigenvalue weighted by Crippen LogP contribution is -2.16. The molecule has 9 heteroatoms. The summed E-state index contributed by atoms with van der Waals surface area (Å²) in [5.41, 5.74) is 0.490. The van der Waals surface area contributed by atoms with E-state index in [-0.39, 0.29) is 12.0 Å². The number of hydrogen-bond acceptors (Lipinski definition) is 8. The zero-order chi connectivity index (χ0) is 14.7. The molecule has 2 heterocycles. The molecule has 0 unspecified atom stereocenters. The maximum absolute atomic E-state index is 11.7. The SMILES string of the molecule is COC(=O)Cc1c(C(=O)OC)cnc2nc(SC)nn12. The monoisotopic (exact) mass is 296 g/mol. The van der Waals surface area contributed by atoms with Gasteiger partial charge in [-0.1, -0.05) is 11.8 Å². The second-order valence-electron chi connectivity index (χ2n) is 3.67. The zero-order valence-electron chi connectivity index (χ0n) is 11.1. The molecule has 8 nitrogen and oxygen atoms in total. The van der Waals surface area contributed by atoms with Gasteiger partial charge in [0.2, 0.25) is 5.16 Å². The maximum Gasteiger partial charge on any atom is 0.341 e. The highest BCUT2D eigenvalue weighted by Gasteiger charge is 2.21. The number of carbonyl (C=O) groups excluding carboxylic acids is 2. The number of methoxy groups -OCH3 is 2. The molecular formula is C11H12N4O4S. The first kappa shape index (κ1) is 14.3. The molecular weight excluding hydrogens is 284 g/mol. The number of carbonyl (C=O) groups is 2. The highest BCUT2D eigenvalue weighted by Crippen LogP contribution is 2.16. The van der Waals surface area contributed by atoms with Crippen molar-refractivity contribution in [2.45, 2.75) is 11.6 Å². The first-order valence-corrected chi connectivity index (χ1v) is 6.77. The summed E-state index contributed by atoms with van der Waals surface area (Å²) in [5.74, 6) is -0.788. The first-order chi connectivity index (χ1) is 9.60. The van der Waals surface area contributed by atoms with E-state index in [2.05, 4.69) is 24.5 Å². The predicted octanol–water partition coefficient (Wildman–Crippen LogP) is 0.348. The molecule has 0 spiro atoms. The van der Waals surface area contributed by atoms with E-state index >= 15 is 0 Å². The molecule has 0 aliphatic carbocycles. The molecule has 0 radical (unpaired) electrons. The van der Waals surface area contributed by atoms with Gasteiger partial charge in [0.1, 0.15) is 5.56 Å². The molecule has 0 amide bonds. The Balaban J connectivity index is 2.63. The lowest BCUT2D eigenvalue weighted by atomic mass is 10.2. The number of nitrogens with zero attached hydrogens (tertiary/aromatic N) is 4. The summed E-state index contributed by atoms with van der Waals surface area (Å²) < 4.78 is 10.7. The molecule has 0 aliphatic rings. The van der Waals surface area contributed by atoms with Gasteiger partial charge in [0, 0.05) is 6.20 Å². The fourth-order valence-corrected chi connectivity index (χ4v) is 1.94. The van der Waals surface area contributed by atoms with E-state index in [0.717, 1.165) is 0 Å². The van der Waals surface area contributed by atoms with E-state index in [1.165, 1.54) is 36.7 Å². The second kappa shape index (κ2) is 5.87. The highest BCUT2D eigenvalue weighted by molar-refractivity contribution is 7.98. The van der Waals surface area contributed by atoms with Gasteiger partial charge in [-0.25, -0.2) is 9.78 Å². The van der Waals surface area contributed by atoms with E-state index in [1.54, 1.807) is 0 Å². The van der Waals surface area contributed by atoms with Gasteiger partial charge >= 0.3 is 11.9 Å². The van der Waals surface area contributed by atoms with Crippen molar-refractivity contribution in [3.63, 3.8) is 0 Å². The van der Waals surface area contributed by atoms with Crippen LogP contribution >= 0.6 is 11.8 Å². The van der Waals surface area contributed by atoms with Crippen LogP contribution in [0.4, 0.5) is 0 Å². The van der Waals surface area contributed by atoms with Crippen molar-refractivity contribution < 1.29 is 19.1 Å². The molecule has 20 heavy (non-hydrogen) atoms. The van der Waals surface area contributed by atoms with E-state index in [0.29, 0.717) is 16.6 Å². The van der Waals surface area contributed by atoms with Gasteiger partial charge in [-0.2, -0.15) is 9.50 Å². The van der Waals surface area contributed by atoms with Crippen molar-refractivity contribution >= 4 is 29.5 Å². The lowest BCUT2D eigenvalue weighted by molar-refractivity contribution is -0.139. The third-order valence-corrected chi connectivity index (χ3v) is 3.11. The Hall–Kier alpha value is -2.16. The largest absolute Gasteiger partial charge is 0.469 e. The molecule has 0 aliphatic heterocycles. The molecule has 0 saturated heterocycles. The smallest absolute Gasteiger partial charge is 0.341 e. The average molecular weight is 296 g/mol. The molecule has 0 bridgehead atoms. The topological polar surface area (TPSA) is 95.7 Å². The average Bonchev–Trinajstić information content (AvgIpc) is 2.90. The minimum atomic E-state index is -0.598. The maximum atomic E-state index is 11.7. The van der Waals surface area contributed by atoms with Gasteiger partial charge in [0.05, 0.1) is 26.3 Å². The number of ether oxygens (including phenoxy) is 2. The molecule has 0 atom stereocenters. The summed E-state index contributed by atoms with van der Waals surface area (Å²) in [5, 5.41) is 4.68. The van der Waals surface area contributed by atoms with Crippen LogP contribution < -0.4 is 0 Å². The third kappa shape index (κ3) is 2.57. The standard InChI is InChI=1S/C11H12N4O4S/c1-18-8(16)4-7-6(9(17)19-2)5-12-10-13-11(20-3)14-15(7)10/h5H,4H2,1-3H3. The summed E-state index contributed by atoms with van der Waals surface area (Å²) in [6, 6.07) is 0. The van der Waals surface area contributed by atoms with Gasteiger partial charge in [0.15, 0.2) is 0 Å². The Morgan fingerprint density at radius 2 is 2.10 bits per heavy atom. The molecule has 2 aromatic rings. The molecule has 2 rings (SSSR count). The van der Waals surface area contributed by atoms with E-state index in [1.807, 2.05) is 6.26 Å². The Morgan fingerprint density at radius 1 is 1.35 bits per heavy atom. The molecule has 2 aromatic heterocycles. The number of esters is 2. The predicted molar refractivity (Wildman–Crippen MR) is 69.6 cm³/mol. The lowest BCUT2D eigenvalue weighted by Gasteiger charge is -2.07. The fourth-order valence-electron chi connectivity index (χ4n) is 1.61. The number of rotatable bonds is 4. The van der Waals surface area contributed by atoms with Gasteiger partial charge in [0.25, 0.3) is 5.78 Å². The Morgan fingerprint density at radius 3 is 2.70 bits per heavy atom. The number of hydrogen-bond donors (Lipinski definition) is 0. The summed E-state index contributed by atoms with van der Waals surface area (Å²) in [6.07, 6.45) is 3.01. The number of fused-ring (bicyclic) bond motifs is 1. The summed E-state index contributed by atoms with van der Waals surface area (Å²) in [6.45, 7) is 0. The minimum Gasteiger partial charge on any atom is -0.469 e. The zero-order valence-corrected chi connectivity index (χ0v) is 11.9. The van der Waals surface area contributed by atoms with Crippen molar-refractivity contribution in [1.82, 2.24) is 19.6 Å². The van der Waals surface area contributed by atoms with Crippen LogP contribution in [0.25, 0.3) is 5.78 Å². The van der Waals surface area contributed by atoms with Crippen LogP contribution in [0.5, 0.6) is 0 Å². The van der Waals surface area contributed by atoms with Crippen LogP contribution in [-0.2, 0) is 20.7 Å². The summed E-state index contributed by atoms with van der Waals surface area (Å²) in [7, 11) is 2.52.